The first-order valence-electron chi connectivity index (χ1n) is 4.00. The van der Waals surface area contributed by atoms with Gasteiger partial charge in [0.2, 0.25) is 5.95 Å². The molecule has 0 amide bonds. The topological polar surface area (TPSA) is 30.2 Å². The van der Waals surface area contributed by atoms with Gasteiger partial charge in [0.1, 0.15) is 5.15 Å². The fourth-order valence-electron chi connectivity index (χ4n) is 0.881. The van der Waals surface area contributed by atoms with Crippen LogP contribution in [0.25, 0.3) is 5.70 Å². The van der Waals surface area contributed by atoms with Crippen LogP contribution in [-0.4, -0.2) is 16.0 Å². The summed E-state index contributed by atoms with van der Waals surface area (Å²) in [4.78, 5) is 3.45. The Morgan fingerprint density at radius 1 is 1.80 bits per heavy atom. The summed E-state index contributed by atoms with van der Waals surface area (Å²) >= 11 is 8.03. The maximum Gasteiger partial charge on any atom is 0.205 e. The van der Waals surface area contributed by atoms with Crippen molar-refractivity contribution >= 4 is 46.1 Å². The van der Waals surface area contributed by atoms with E-state index in [9.17, 15) is 4.39 Å². The average Bonchev–Trinajstić information content (AvgIpc) is 2.50. The quantitative estimate of drug-likeness (QED) is 0.471. The van der Waals surface area contributed by atoms with E-state index in [-0.39, 0.29) is 0 Å². The van der Waals surface area contributed by atoms with Gasteiger partial charge in [-0.25, -0.2) is 9.67 Å². The lowest BCUT2D eigenvalue weighted by molar-refractivity contribution is 0.634. The molecule has 0 unspecified atom stereocenters. The van der Waals surface area contributed by atoms with Gasteiger partial charge >= 0.3 is 0 Å². The number of aliphatic imine (C=N–C) groups is 1. The van der Waals surface area contributed by atoms with E-state index < -0.39 is 5.95 Å². The molecule has 0 radical (unpaired) electrons. The molecule has 1 rings (SSSR count). The number of allylic oxidation sites excluding steroid dienone is 2. The van der Waals surface area contributed by atoms with E-state index in [0.29, 0.717) is 10.9 Å². The first-order chi connectivity index (χ1) is 7.06. The number of halogens is 3. The molecule has 1 heterocycles. The third-order valence-electron chi connectivity index (χ3n) is 1.55. The van der Waals surface area contributed by atoms with Crippen molar-refractivity contribution in [3.05, 3.63) is 33.5 Å². The summed E-state index contributed by atoms with van der Waals surface area (Å²) in [6.45, 7) is 4.81. The normalized spacial score (nSPS) is 12.4. The summed E-state index contributed by atoms with van der Waals surface area (Å²) in [5.74, 6) is -0.757. The zero-order valence-electron chi connectivity index (χ0n) is 7.91. The van der Waals surface area contributed by atoms with Crippen LogP contribution < -0.4 is 0 Å². The SMILES string of the molecule is C=C(F)/N=C\C(=C/C)n1ncc(I)c1Cl. The van der Waals surface area contributed by atoms with E-state index in [2.05, 4.69) is 39.3 Å². The van der Waals surface area contributed by atoms with Crippen LogP contribution in [0.2, 0.25) is 5.15 Å². The van der Waals surface area contributed by atoms with Gasteiger partial charge in [-0.3, -0.25) is 0 Å². The summed E-state index contributed by atoms with van der Waals surface area (Å²) in [6.07, 6.45) is 4.66. The highest BCUT2D eigenvalue weighted by Gasteiger charge is 2.07. The minimum absolute atomic E-state index is 0.472. The van der Waals surface area contributed by atoms with E-state index >= 15 is 0 Å². The fourth-order valence-corrected chi connectivity index (χ4v) is 1.42. The first kappa shape index (κ1) is 12.4. The number of aromatic nitrogens is 2. The molecule has 0 fully saturated rings. The van der Waals surface area contributed by atoms with Gasteiger partial charge in [0.05, 0.1) is 21.7 Å². The molecule has 0 aliphatic carbocycles. The summed E-state index contributed by atoms with van der Waals surface area (Å²) < 4.78 is 14.6. The third kappa shape index (κ3) is 3.13. The predicted octanol–water partition coefficient (Wildman–Crippen LogP) is 3.51. The van der Waals surface area contributed by atoms with Crippen LogP contribution in [0.5, 0.6) is 0 Å². The molecular weight excluding hydrogens is 331 g/mol. The van der Waals surface area contributed by atoms with Crippen molar-refractivity contribution in [3.63, 3.8) is 0 Å². The molecule has 80 valence electrons. The summed E-state index contributed by atoms with van der Waals surface area (Å²) in [7, 11) is 0. The van der Waals surface area contributed by atoms with E-state index in [4.69, 9.17) is 11.6 Å². The van der Waals surface area contributed by atoms with Crippen molar-refractivity contribution in [1.82, 2.24) is 9.78 Å². The molecule has 3 nitrogen and oxygen atoms in total. The molecule has 1 aromatic rings. The highest BCUT2D eigenvalue weighted by molar-refractivity contribution is 14.1. The van der Waals surface area contributed by atoms with Gasteiger partial charge in [0.25, 0.3) is 0 Å². The smallest absolute Gasteiger partial charge is 0.205 e. The highest BCUT2D eigenvalue weighted by Crippen LogP contribution is 2.20. The maximum absolute atomic E-state index is 12.3. The second-order valence-electron chi connectivity index (χ2n) is 2.54. The van der Waals surface area contributed by atoms with E-state index in [0.717, 1.165) is 3.57 Å². The lowest BCUT2D eigenvalue weighted by atomic mass is 10.4. The van der Waals surface area contributed by atoms with E-state index in [1.165, 1.54) is 10.9 Å². The van der Waals surface area contributed by atoms with Crippen molar-refractivity contribution in [2.75, 3.05) is 0 Å². The summed E-state index contributed by atoms with van der Waals surface area (Å²) in [6, 6.07) is 0. The molecule has 0 saturated heterocycles. The van der Waals surface area contributed by atoms with Crippen LogP contribution in [0.15, 0.2) is 29.8 Å². The molecular formula is C9H8ClFIN3. The Bertz CT molecular complexity index is 437. The van der Waals surface area contributed by atoms with Crippen molar-refractivity contribution in [3.8, 4) is 0 Å². The van der Waals surface area contributed by atoms with E-state index in [1.54, 1.807) is 19.2 Å². The zero-order valence-corrected chi connectivity index (χ0v) is 10.8. The number of rotatable bonds is 3. The molecule has 15 heavy (non-hydrogen) atoms. The van der Waals surface area contributed by atoms with Gasteiger partial charge in [-0.15, -0.1) is 0 Å². The second-order valence-corrected chi connectivity index (χ2v) is 4.06. The Morgan fingerprint density at radius 2 is 2.47 bits per heavy atom. The zero-order chi connectivity index (χ0) is 11.4. The number of hydrogen-bond acceptors (Lipinski definition) is 2. The Balaban J connectivity index is 3.05. The van der Waals surface area contributed by atoms with Crippen molar-refractivity contribution < 1.29 is 4.39 Å². The minimum Gasteiger partial charge on any atom is -0.227 e. The van der Waals surface area contributed by atoms with Crippen molar-refractivity contribution in [1.29, 1.82) is 0 Å². The molecule has 0 atom stereocenters. The Labute approximate surface area is 105 Å². The van der Waals surface area contributed by atoms with Crippen LogP contribution in [0.3, 0.4) is 0 Å². The molecule has 0 bridgehead atoms. The van der Waals surface area contributed by atoms with Crippen LogP contribution in [-0.2, 0) is 0 Å². The monoisotopic (exact) mass is 339 g/mol. The third-order valence-corrected chi connectivity index (χ3v) is 3.02. The predicted molar refractivity (Wildman–Crippen MR) is 68.6 cm³/mol. The maximum atomic E-state index is 12.3. The van der Waals surface area contributed by atoms with Crippen LogP contribution >= 0.6 is 34.2 Å². The molecule has 6 heteroatoms. The largest absolute Gasteiger partial charge is 0.227 e. The lowest BCUT2D eigenvalue weighted by Gasteiger charge is -2.01. The fraction of sp³-hybridized carbons (Fsp3) is 0.111. The minimum atomic E-state index is -0.757. The summed E-state index contributed by atoms with van der Waals surface area (Å²) in [5, 5.41) is 4.50. The first-order valence-corrected chi connectivity index (χ1v) is 5.46. The number of hydrogen-bond donors (Lipinski definition) is 0. The molecule has 0 aliphatic rings. The van der Waals surface area contributed by atoms with Gasteiger partial charge in [-0.05, 0) is 36.1 Å². The van der Waals surface area contributed by atoms with Crippen LogP contribution in [0.1, 0.15) is 6.92 Å². The Hall–Kier alpha value is -0.690. The molecule has 1 aromatic heterocycles. The van der Waals surface area contributed by atoms with Crippen molar-refractivity contribution in [2.45, 2.75) is 6.92 Å². The van der Waals surface area contributed by atoms with Crippen molar-refractivity contribution in [2.24, 2.45) is 4.99 Å². The highest BCUT2D eigenvalue weighted by atomic mass is 127. The second kappa shape index (κ2) is 5.41. The lowest BCUT2D eigenvalue weighted by Crippen LogP contribution is -2.00. The van der Waals surface area contributed by atoms with Gasteiger partial charge in [0.15, 0.2) is 0 Å². The van der Waals surface area contributed by atoms with Crippen LogP contribution in [0, 0.1) is 3.57 Å². The number of nitrogens with zero attached hydrogens (tertiary/aromatic N) is 3. The van der Waals surface area contributed by atoms with Crippen LogP contribution in [0.4, 0.5) is 4.39 Å². The Morgan fingerprint density at radius 3 is 2.87 bits per heavy atom. The standard InChI is InChI=1S/C9H8ClFIN3/c1-3-7(4-13-6(2)11)15-9(10)8(12)5-14-15/h3-5H,2H2,1H3/b7-3+,13-4-. The molecule has 0 saturated carbocycles. The molecule has 0 spiro atoms. The molecule has 0 aromatic carbocycles. The van der Waals surface area contributed by atoms with Gasteiger partial charge < -0.3 is 0 Å². The Kier molecular flexibility index (Phi) is 4.46. The molecule has 0 aliphatic heterocycles. The van der Waals surface area contributed by atoms with Gasteiger partial charge in [0, 0.05) is 0 Å². The van der Waals surface area contributed by atoms with Gasteiger partial charge in [-0.1, -0.05) is 17.7 Å². The molecule has 0 N–H and O–H groups in total. The van der Waals surface area contributed by atoms with Gasteiger partial charge in [-0.2, -0.15) is 9.49 Å². The average molecular weight is 340 g/mol. The van der Waals surface area contributed by atoms with E-state index in [1.807, 2.05) is 0 Å². The summed E-state index contributed by atoms with van der Waals surface area (Å²) in [5.41, 5.74) is 0.585.